The number of hydrogen-bond acceptors (Lipinski definition) is 10. The van der Waals surface area contributed by atoms with E-state index in [2.05, 4.69) is 96.8 Å². The summed E-state index contributed by atoms with van der Waals surface area (Å²) in [4.78, 5) is 5.38. The van der Waals surface area contributed by atoms with Crippen molar-refractivity contribution in [3.8, 4) is 32.7 Å². The van der Waals surface area contributed by atoms with E-state index in [0.717, 1.165) is 57.2 Å². The van der Waals surface area contributed by atoms with Crippen molar-refractivity contribution in [2.45, 2.75) is 40.5 Å². The van der Waals surface area contributed by atoms with Gasteiger partial charge in [-0.2, -0.15) is 17.5 Å². The van der Waals surface area contributed by atoms with E-state index in [4.69, 9.17) is 8.75 Å². The van der Waals surface area contributed by atoms with E-state index in [1.165, 1.54) is 61.8 Å². The van der Waals surface area contributed by atoms with Gasteiger partial charge >= 0.3 is 0 Å². The van der Waals surface area contributed by atoms with E-state index in [1.54, 1.807) is 0 Å². The van der Waals surface area contributed by atoms with E-state index in [9.17, 15) is 0 Å². The van der Waals surface area contributed by atoms with Crippen LogP contribution < -0.4 is 0 Å². The first-order valence-corrected chi connectivity index (χ1v) is 19.2. The van der Waals surface area contributed by atoms with Gasteiger partial charge < -0.3 is 0 Å². The lowest BCUT2D eigenvalue weighted by Gasteiger charge is -2.02. The van der Waals surface area contributed by atoms with Crippen molar-refractivity contribution < 1.29 is 0 Å². The van der Waals surface area contributed by atoms with Gasteiger partial charge in [-0.05, 0) is 73.2 Å². The predicted octanol–water partition coefficient (Wildman–Crippen LogP) is 11.4. The van der Waals surface area contributed by atoms with Gasteiger partial charge in [0, 0.05) is 49.4 Å². The molecule has 0 unspecified atom stereocenters. The maximum absolute atomic E-state index is 4.70. The van der Waals surface area contributed by atoms with E-state index < -0.39 is 0 Å². The van der Waals surface area contributed by atoms with Crippen LogP contribution in [0.2, 0.25) is 0 Å². The molecule has 0 aliphatic carbocycles. The number of fused-ring (bicyclic) bond motifs is 4. The fourth-order valence-corrected chi connectivity index (χ4v) is 12.0. The molecule has 0 saturated carbocycles. The average molecular weight is 683 g/mol. The second kappa shape index (κ2) is 11.4. The van der Waals surface area contributed by atoms with E-state index in [1.807, 2.05) is 45.3 Å². The molecule has 0 amide bonds. The summed E-state index contributed by atoms with van der Waals surface area (Å²) in [6, 6.07) is 17.8. The van der Waals surface area contributed by atoms with Crippen molar-refractivity contribution >= 4 is 110 Å². The van der Waals surface area contributed by atoms with Crippen LogP contribution in [0.1, 0.15) is 48.6 Å². The van der Waals surface area contributed by atoms with Crippen LogP contribution >= 0.6 is 68.8 Å². The lowest BCUT2D eigenvalue weighted by molar-refractivity contribution is 0.654. The molecule has 6 heterocycles. The summed E-state index contributed by atoms with van der Waals surface area (Å²) in [7, 11) is 0. The minimum absolute atomic E-state index is 0.666. The summed E-state index contributed by atoms with van der Waals surface area (Å²) < 4.78 is 24.1. The topological polar surface area (TPSA) is 51.6 Å². The molecule has 0 aliphatic heterocycles. The summed E-state index contributed by atoms with van der Waals surface area (Å²) in [6.07, 6.45) is 2.26. The van der Waals surface area contributed by atoms with E-state index >= 15 is 0 Å². The van der Waals surface area contributed by atoms with Gasteiger partial charge in [0.05, 0.1) is 34.6 Å². The van der Waals surface area contributed by atoms with Crippen LogP contribution in [-0.2, 0) is 12.8 Å². The molecule has 0 N–H and O–H groups in total. The number of thiophene rings is 4. The first kappa shape index (κ1) is 28.4. The molecular weight excluding hydrogens is 657 g/mol. The largest absolute Gasteiger partial charge is 0.172 e. The number of hydrogen-bond donors (Lipinski definition) is 0. The zero-order valence-electron chi connectivity index (χ0n) is 24.4. The summed E-state index contributed by atoms with van der Waals surface area (Å²) >= 11 is 9.98. The summed E-state index contributed by atoms with van der Waals surface area (Å²) in [6.45, 7) is 9.10. The lowest BCUT2D eigenvalue weighted by Crippen LogP contribution is -1.89. The third-order valence-corrected chi connectivity index (χ3v) is 13.2. The molecular formula is C34H26N4S6. The fraction of sp³-hybridized carbons (Fsp3) is 0.235. The van der Waals surface area contributed by atoms with Crippen LogP contribution in [-0.4, -0.2) is 17.5 Å². The predicted molar refractivity (Wildman–Crippen MR) is 195 cm³/mol. The van der Waals surface area contributed by atoms with Gasteiger partial charge in [-0.1, -0.05) is 39.5 Å². The lowest BCUT2D eigenvalue weighted by atomic mass is 10.1. The van der Waals surface area contributed by atoms with Crippen molar-refractivity contribution in [1.29, 1.82) is 0 Å². The van der Waals surface area contributed by atoms with Gasteiger partial charge in [-0.3, -0.25) is 0 Å². The third-order valence-electron chi connectivity index (χ3n) is 7.43. The number of rotatable bonds is 6. The number of aromatic nitrogens is 4. The Morgan fingerprint density at radius 1 is 0.523 bits per heavy atom. The second-order valence-corrected chi connectivity index (χ2v) is 17.4. The van der Waals surface area contributed by atoms with Crippen LogP contribution in [0.4, 0.5) is 0 Å². The number of nitrogens with zero attached hydrogens (tertiary/aromatic N) is 4. The fourth-order valence-electron chi connectivity index (χ4n) is 5.51. The monoisotopic (exact) mass is 682 g/mol. The van der Waals surface area contributed by atoms with Crippen molar-refractivity contribution in [3.05, 3.63) is 69.4 Å². The highest BCUT2D eigenvalue weighted by Gasteiger charge is 2.17. The average Bonchev–Trinajstić information content (AvgIpc) is 3.80. The Hall–Kier alpha value is -3.04. The molecule has 6 aromatic heterocycles. The highest BCUT2D eigenvalue weighted by atomic mass is 32.1. The summed E-state index contributed by atoms with van der Waals surface area (Å²) in [5.74, 6) is 8.13. The Kier molecular flexibility index (Phi) is 7.36. The first-order chi connectivity index (χ1) is 21.4. The summed E-state index contributed by atoms with van der Waals surface area (Å²) in [5.41, 5.74) is 7.57. The Balaban J connectivity index is 1.11. The van der Waals surface area contributed by atoms with Crippen molar-refractivity contribution in [1.82, 2.24) is 17.5 Å². The Labute approximate surface area is 279 Å². The SMILES string of the molecule is CC(C)Cc1cc2sc(-c3ccc(C#Cc4ccc(-c5cc6sc(CC(C)C)cc6s5)c5nsnc45)c4nsnc34)cc2s1. The van der Waals surface area contributed by atoms with E-state index in [0.29, 0.717) is 11.8 Å². The molecule has 0 saturated heterocycles. The van der Waals surface area contributed by atoms with Gasteiger partial charge in [0.15, 0.2) is 0 Å². The molecule has 0 radical (unpaired) electrons. The molecule has 10 heteroatoms. The van der Waals surface area contributed by atoms with Gasteiger partial charge in [-0.15, -0.1) is 45.3 Å². The maximum atomic E-state index is 4.70. The summed E-state index contributed by atoms with van der Waals surface area (Å²) in [5, 5.41) is 0. The van der Waals surface area contributed by atoms with Crippen molar-refractivity contribution in [2.24, 2.45) is 11.8 Å². The Morgan fingerprint density at radius 2 is 0.932 bits per heavy atom. The third kappa shape index (κ3) is 5.19. The zero-order chi connectivity index (χ0) is 29.9. The van der Waals surface area contributed by atoms with Crippen LogP contribution in [0.3, 0.4) is 0 Å². The van der Waals surface area contributed by atoms with Gasteiger partial charge in [0.1, 0.15) is 22.1 Å². The molecule has 4 nitrogen and oxygen atoms in total. The minimum Gasteiger partial charge on any atom is -0.172 e. The Morgan fingerprint density at radius 3 is 1.34 bits per heavy atom. The molecule has 8 rings (SSSR count). The highest BCUT2D eigenvalue weighted by Crippen LogP contribution is 2.43. The standard InChI is InChI=1S/C34H26N4S6/c1-17(2)11-21-13-27-29(39-21)15-25(41-27)23-9-7-19(31-33(23)37-43-35-31)5-6-20-8-10-24(34-32(20)36-44-38-34)26-16-30-28(42-26)14-22(40-30)12-18(3)4/h7-10,13-18H,11-12H2,1-4H3. The van der Waals surface area contributed by atoms with Crippen LogP contribution in [0.15, 0.2) is 48.5 Å². The van der Waals surface area contributed by atoms with Gasteiger partial charge in [0.25, 0.3) is 0 Å². The molecule has 8 aromatic rings. The van der Waals surface area contributed by atoms with E-state index in [-0.39, 0.29) is 0 Å². The maximum Gasteiger partial charge on any atom is 0.121 e. The number of benzene rings is 2. The molecule has 0 spiro atoms. The van der Waals surface area contributed by atoms with Crippen LogP contribution in [0.25, 0.3) is 61.7 Å². The molecule has 218 valence electrons. The molecule has 0 fully saturated rings. The Bertz CT molecular complexity index is 2150. The normalized spacial score (nSPS) is 12.0. The smallest absolute Gasteiger partial charge is 0.121 e. The van der Waals surface area contributed by atoms with Gasteiger partial charge in [0.2, 0.25) is 0 Å². The van der Waals surface area contributed by atoms with Crippen LogP contribution in [0, 0.1) is 23.7 Å². The second-order valence-electron chi connectivity index (χ2n) is 11.8. The van der Waals surface area contributed by atoms with Crippen LogP contribution in [0.5, 0.6) is 0 Å². The zero-order valence-corrected chi connectivity index (χ0v) is 29.3. The van der Waals surface area contributed by atoms with Crippen molar-refractivity contribution in [3.63, 3.8) is 0 Å². The molecule has 2 aromatic carbocycles. The van der Waals surface area contributed by atoms with Gasteiger partial charge in [-0.25, -0.2) is 0 Å². The molecule has 0 bridgehead atoms. The highest BCUT2D eigenvalue weighted by molar-refractivity contribution is 7.30. The molecule has 0 aliphatic rings. The minimum atomic E-state index is 0.666. The molecule has 0 atom stereocenters. The van der Waals surface area contributed by atoms with Crippen molar-refractivity contribution in [2.75, 3.05) is 0 Å². The quantitative estimate of drug-likeness (QED) is 0.164. The molecule has 44 heavy (non-hydrogen) atoms. The first-order valence-electron chi connectivity index (χ1n) is 14.5.